The number of nitrogens with one attached hydrogen (secondary N) is 1. The third kappa shape index (κ3) is 4.64. The van der Waals surface area contributed by atoms with Gasteiger partial charge in [0.05, 0.1) is 12.8 Å². The van der Waals surface area contributed by atoms with Gasteiger partial charge in [0.2, 0.25) is 0 Å². The molecule has 0 unspecified atom stereocenters. The highest BCUT2D eigenvalue weighted by atomic mass is 35.5. The van der Waals surface area contributed by atoms with E-state index in [1.165, 1.54) is 7.11 Å². The van der Waals surface area contributed by atoms with Gasteiger partial charge in [0.1, 0.15) is 17.4 Å². The van der Waals surface area contributed by atoms with E-state index in [2.05, 4.69) is 12.2 Å². The summed E-state index contributed by atoms with van der Waals surface area (Å²) in [7, 11) is 1.51. The van der Waals surface area contributed by atoms with E-state index in [9.17, 15) is 10.1 Å². The summed E-state index contributed by atoms with van der Waals surface area (Å²) in [5.74, 6) is 0.716. The molecule has 1 aliphatic heterocycles. The molecule has 1 aliphatic rings. The van der Waals surface area contributed by atoms with Crippen LogP contribution in [0.4, 0.5) is 5.69 Å². The Labute approximate surface area is 141 Å². The number of benzene rings is 1. The summed E-state index contributed by atoms with van der Waals surface area (Å²) < 4.78 is 5.19. The van der Waals surface area contributed by atoms with Crippen molar-refractivity contribution in [2.24, 2.45) is 5.92 Å². The van der Waals surface area contributed by atoms with E-state index in [1.807, 2.05) is 11.0 Å². The molecule has 1 fully saturated rings. The predicted molar refractivity (Wildman–Crippen MR) is 90.3 cm³/mol. The summed E-state index contributed by atoms with van der Waals surface area (Å²) in [4.78, 5) is 14.4. The second-order valence-corrected chi connectivity index (χ2v) is 6.11. The van der Waals surface area contributed by atoms with E-state index in [0.717, 1.165) is 25.9 Å². The number of likely N-dealkylation sites (tertiary alicyclic amines) is 1. The summed E-state index contributed by atoms with van der Waals surface area (Å²) in [6.45, 7) is 3.94. The largest absolute Gasteiger partial charge is 0.495 e. The van der Waals surface area contributed by atoms with Crippen molar-refractivity contribution in [1.82, 2.24) is 4.90 Å². The van der Waals surface area contributed by atoms with E-state index in [1.54, 1.807) is 24.4 Å². The Morgan fingerprint density at radius 3 is 2.78 bits per heavy atom. The summed E-state index contributed by atoms with van der Waals surface area (Å²) >= 11 is 5.95. The van der Waals surface area contributed by atoms with Gasteiger partial charge in [0.15, 0.2) is 0 Å². The Morgan fingerprint density at radius 2 is 2.17 bits per heavy atom. The molecule has 6 heteroatoms. The van der Waals surface area contributed by atoms with Crippen LogP contribution in [-0.2, 0) is 4.79 Å². The van der Waals surface area contributed by atoms with Crippen LogP contribution in [0, 0.1) is 17.2 Å². The van der Waals surface area contributed by atoms with Crippen molar-refractivity contribution in [2.75, 3.05) is 25.5 Å². The summed E-state index contributed by atoms with van der Waals surface area (Å²) in [6, 6.07) is 6.90. The molecule has 5 nitrogen and oxygen atoms in total. The first kappa shape index (κ1) is 17.2. The molecule has 1 heterocycles. The molecule has 0 aliphatic carbocycles. The van der Waals surface area contributed by atoms with Crippen LogP contribution in [0.25, 0.3) is 0 Å². The molecule has 0 atom stereocenters. The van der Waals surface area contributed by atoms with Crippen LogP contribution in [-0.4, -0.2) is 31.0 Å². The van der Waals surface area contributed by atoms with E-state index < -0.39 is 5.91 Å². The number of piperidine rings is 1. The standard InChI is InChI=1S/C17H20ClN3O2/c1-12-5-7-21(8-6-12)11-13(10-19)17(22)20-15-9-14(18)3-4-16(15)23-2/h3-4,9,11-12H,5-8H2,1-2H3,(H,20,22)/b13-11-. The van der Waals surface area contributed by atoms with E-state index in [0.29, 0.717) is 22.4 Å². The highest BCUT2D eigenvalue weighted by molar-refractivity contribution is 6.31. The highest BCUT2D eigenvalue weighted by Gasteiger charge is 2.17. The SMILES string of the molecule is COc1ccc(Cl)cc1NC(=O)/C(C#N)=C\N1CCC(C)CC1. The highest BCUT2D eigenvalue weighted by Crippen LogP contribution is 2.28. The minimum absolute atomic E-state index is 0.0709. The first-order valence-corrected chi connectivity index (χ1v) is 7.92. The van der Waals surface area contributed by atoms with Crippen LogP contribution in [0.5, 0.6) is 5.75 Å². The lowest BCUT2D eigenvalue weighted by Gasteiger charge is -2.29. The lowest BCUT2D eigenvalue weighted by Crippen LogP contribution is -2.29. The van der Waals surface area contributed by atoms with Crippen LogP contribution in [0.1, 0.15) is 19.8 Å². The van der Waals surface area contributed by atoms with Crippen molar-refractivity contribution in [2.45, 2.75) is 19.8 Å². The maximum atomic E-state index is 12.3. The van der Waals surface area contributed by atoms with Gasteiger partial charge in [-0.15, -0.1) is 0 Å². The lowest BCUT2D eigenvalue weighted by molar-refractivity contribution is -0.112. The molecule has 2 rings (SSSR count). The topological polar surface area (TPSA) is 65.4 Å². The molecule has 1 saturated heterocycles. The Kier molecular flexibility index (Phi) is 5.89. The molecule has 1 aromatic rings. The average Bonchev–Trinajstić information content (AvgIpc) is 2.54. The fourth-order valence-corrected chi connectivity index (χ4v) is 2.62. The van der Waals surface area contributed by atoms with Gasteiger partial charge in [-0.2, -0.15) is 5.26 Å². The second kappa shape index (κ2) is 7.89. The van der Waals surface area contributed by atoms with Crippen LogP contribution in [0.3, 0.4) is 0 Å². The molecule has 0 radical (unpaired) electrons. The monoisotopic (exact) mass is 333 g/mol. The molecule has 0 aromatic heterocycles. The zero-order chi connectivity index (χ0) is 16.8. The van der Waals surface area contributed by atoms with E-state index >= 15 is 0 Å². The second-order valence-electron chi connectivity index (χ2n) is 5.67. The molecule has 23 heavy (non-hydrogen) atoms. The third-order valence-electron chi connectivity index (χ3n) is 3.90. The smallest absolute Gasteiger partial charge is 0.267 e. The Balaban J connectivity index is 2.12. The van der Waals surface area contributed by atoms with Crippen molar-refractivity contribution in [1.29, 1.82) is 5.26 Å². The number of anilines is 1. The summed E-state index contributed by atoms with van der Waals surface area (Å²) in [5.41, 5.74) is 0.514. The quantitative estimate of drug-likeness (QED) is 0.677. The van der Waals surface area contributed by atoms with Crippen LogP contribution in [0.2, 0.25) is 5.02 Å². The molecule has 0 spiro atoms. The van der Waals surface area contributed by atoms with Gasteiger partial charge in [0, 0.05) is 24.3 Å². The Morgan fingerprint density at radius 1 is 1.48 bits per heavy atom. The van der Waals surface area contributed by atoms with Crippen molar-refractivity contribution < 1.29 is 9.53 Å². The molecular formula is C17H20ClN3O2. The fourth-order valence-electron chi connectivity index (χ4n) is 2.45. The molecule has 122 valence electrons. The van der Waals surface area contributed by atoms with Crippen molar-refractivity contribution in [3.05, 3.63) is 35.0 Å². The summed E-state index contributed by atoms with van der Waals surface area (Å²) in [6.07, 6.45) is 3.77. The van der Waals surface area contributed by atoms with E-state index in [-0.39, 0.29) is 5.57 Å². The van der Waals surface area contributed by atoms with Crippen LogP contribution in [0.15, 0.2) is 30.0 Å². The fraction of sp³-hybridized carbons (Fsp3) is 0.412. The molecular weight excluding hydrogens is 314 g/mol. The maximum Gasteiger partial charge on any atom is 0.267 e. The normalized spacial score (nSPS) is 15.9. The van der Waals surface area contributed by atoms with Gasteiger partial charge in [-0.25, -0.2) is 0 Å². The molecule has 0 saturated carbocycles. The molecule has 1 aromatic carbocycles. The van der Waals surface area contributed by atoms with Gasteiger partial charge in [-0.1, -0.05) is 18.5 Å². The Bertz CT molecular complexity index is 644. The lowest BCUT2D eigenvalue weighted by atomic mass is 9.99. The number of halogens is 1. The maximum absolute atomic E-state index is 12.3. The van der Waals surface area contributed by atoms with E-state index in [4.69, 9.17) is 16.3 Å². The first-order chi connectivity index (χ1) is 11.0. The zero-order valence-electron chi connectivity index (χ0n) is 13.3. The van der Waals surface area contributed by atoms with Crippen LogP contribution < -0.4 is 10.1 Å². The summed E-state index contributed by atoms with van der Waals surface area (Å²) in [5, 5.41) is 12.4. The van der Waals surface area contributed by atoms with Crippen molar-refractivity contribution >= 4 is 23.2 Å². The number of hydrogen-bond donors (Lipinski definition) is 1. The molecule has 1 N–H and O–H groups in total. The van der Waals surface area contributed by atoms with Gasteiger partial charge in [-0.05, 0) is 37.0 Å². The number of nitrogens with zero attached hydrogens (tertiary/aromatic N) is 2. The minimum Gasteiger partial charge on any atom is -0.495 e. The van der Waals surface area contributed by atoms with Gasteiger partial charge >= 0.3 is 0 Å². The predicted octanol–water partition coefficient (Wildman–Crippen LogP) is 3.43. The minimum atomic E-state index is -0.466. The third-order valence-corrected chi connectivity index (χ3v) is 4.14. The number of hydrogen-bond acceptors (Lipinski definition) is 4. The van der Waals surface area contributed by atoms with Crippen LogP contribution >= 0.6 is 11.6 Å². The number of carbonyl (C=O) groups excluding carboxylic acids is 1. The van der Waals surface area contributed by atoms with Gasteiger partial charge in [-0.3, -0.25) is 4.79 Å². The molecule has 0 bridgehead atoms. The number of methoxy groups -OCH3 is 1. The Hall–Kier alpha value is -2.19. The molecule has 1 amide bonds. The first-order valence-electron chi connectivity index (χ1n) is 7.54. The number of carbonyl (C=O) groups is 1. The average molecular weight is 334 g/mol. The van der Waals surface area contributed by atoms with Gasteiger partial charge in [0.25, 0.3) is 5.91 Å². The van der Waals surface area contributed by atoms with Crippen molar-refractivity contribution in [3.8, 4) is 11.8 Å². The number of nitriles is 1. The number of rotatable bonds is 4. The van der Waals surface area contributed by atoms with Crippen molar-refractivity contribution in [3.63, 3.8) is 0 Å². The zero-order valence-corrected chi connectivity index (χ0v) is 14.1. The number of amides is 1. The number of ether oxygens (including phenoxy) is 1. The van der Waals surface area contributed by atoms with Gasteiger partial charge < -0.3 is 15.0 Å².